The number of phenols is 1. The first-order valence-corrected chi connectivity index (χ1v) is 11.0. The van der Waals surface area contributed by atoms with Crippen LogP contribution < -0.4 is 0 Å². The molecule has 3 atom stereocenters. The number of rotatable bonds is 6. The second-order valence-electron chi connectivity index (χ2n) is 8.55. The number of hydrogen-bond acceptors (Lipinski definition) is 2. The number of aromatic hydroxyl groups is 1. The highest BCUT2D eigenvalue weighted by Crippen LogP contribution is 2.52. The molecule has 2 nitrogen and oxygen atoms in total. The van der Waals surface area contributed by atoms with Crippen LogP contribution in [0.2, 0.25) is 0 Å². The quantitative estimate of drug-likeness (QED) is 0.653. The van der Waals surface area contributed by atoms with Crippen LogP contribution in [0, 0.1) is 5.92 Å². The molecule has 1 saturated heterocycles. The normalized spacial score (nSPS) is 27.9. The zero-order valence-electron chi connectivity index (χ0n) is 17.1. The van der Waals surface area contributed by atoms with Crippen LogP contribution in [0.4, 0.5) is 0 Å². The predicted molar refractivity (Wildman–Crippen MR) is 117 cm³/mol. The van der Waals surface area contributed by atoms with Crippen molar-refractivity contribution in [3.8, 4) is 5.75 Å². The van der Waals surface area contributed by atoms with Gasteiger partial charge in [-0.15, -0.1) is 0 Å². The molecule has 2 aromatic rings. The maximum Gasteiger partial charge on any atom is 0.115 e. The third-order valence-electron chi connectivity index (χ3n) is 7.02. The minimum Gasteiger partial charge on any atom is -0.508 e. The summed E-state index contributed by atoms with van der Waals surface area (Å²) < 4.78 is 0. The number of benzene rings is 2. The molecule has 28 heavy (non-hydrogen) atoms. The molecule has 1 heterocycles. The Bertz CT molecular complexity index is 799. The second kappa shape index (κ2) is 8.53. The molecule has 0 aromatic heterocycles. The first-order valence-electron chi connectivity index (χ1n) is 11.0. The molecule has 1 aliphatic carbocycles. The number of hydrogen-bond donors (Lipinski definition) is 1. The summed E-state index contributed by atoms with van der Waals surface area (Å²) >= 11 is 0. The van der Waals surface area contributed by atoms with Crippen molar-refractivity contribution >= 4 is 0 Å². The van der Waals surface area contributed by atoms with Gasteiger partial charge in [-0.3, -0.25) is 4.90 Å². The zero-order valence-corrected chi connectivity index (χ0v) is 17.1. The van der Waals surface area contributed by atoms with Crippen LogP contribution in [0.5, 0.6) is 5.75 Å². The molecule has 0 spiro atoms. The summed E-state index contributed by atoms with van der Waals surface area (Å²) in [4.78, 5) is 2.75. The van der Waals surface area contributed by atoms with Gasteiger partial charge in [0.1, 0.15) is 5.75 Å². The first-order chi connectivity index (χ1) is 13.7. The fraction of sp³-hybridized carbons (Fsp3) is 0.462. The Morgan fingerprint density at radius 3 is 2.75 bits per heavy atom. The van der Waals surface area contributed by atoms with Crippen LogP contribution in [-0.2, 0) is 11.8 Å². The highest BCUT2D eigenvalue weighted by Gasteiger charge is 2.50. The Labute approximate surface area is 169 Å². The summed E-state index contributed by atoms with van der Waals surface area (Å²) in [5, 5.41) is 10.1. The van der Waals surface area contributed by atoms with E-state index >= 15 is 0 Å². The second-order valence-corrected chi connectivity index (χ2v) is 8.55. The van der Waals surface area contributed by atoms with Crippen molar-refractivity contribution in [3.63, 3.8) is 0 Å². The highest BCUT2D eigenvalue weighted by atomic mass is 16.3. The maximum absolute atomic E-state index is 10.1. The van der Waals surface area contributed by atoms with E-state index in [1.165, 1.54) is 36.8 Å². The molecule has 4 rings (SSSR count). The van der Waals surface area contributed by atoms with Gasteiger partial charge in [0, 0.05) is 23.9 Å². The topological polar surface area (TPSA) is 23.5 Å². The van der Waals surface area contributed by atoms with Crippen molar-refractivity contribution in [1.29, 1.82) is 0 Å². The van der Waals surface area contributed by atoms with E-state index in [9.17, 15) is 5.11 Å². The summed E-state index contributed by atoms with van der Waals surface area (Å²) in [6.07, 6.45) is 12.1. The fourth-order valence-corrected chi connectivity index (χ4v) is 5.64. The van der Waals surface area contributed by atoms with Gasteiger partial charge in [-0.2, -0.15) is 0 Å². The summed E-state index contributed by atoms with van der Waals surface area (Å²) in [6, 6.07) is 19.6. The van der Waals surface area contributed by atoms with Gasteiger partial charge in [-0.1, -0.05) is 68.0 Å². The molecule has 2 heteroatoms. The lowest BCUT2D eigenvalue weighted by Gasteiger charge is -2.56. The van der Waals surface area contributed by atoms with Crippen molar-refractivity contribution in [2.75, 3.05) is 13.1 Å². The van der Waals surface area contributed by atoms with Gasteiger partial charge in [0.25, 0.3) is 0 Å². The smallest absolute Gasteiger partial charge is 0.115 e. The lowest BCUT2D eigenvalue weighted by molar-refractivity contribution is 0.0113. The molecule has 2 fully saturated rings. The average Bonchev–Trinajstić information content (AvgIpc) is 2.72. The number of likely N-dealkylation sites (tertiary alicyclic amines) is 1. The van der Waals surface area contributed by atoms with E-state index in [0.29, 0.717) is 17.7 Å². The molecule has 0 amide bonds. The van der Waals surface area contributed by atoms with E-state index < -0.39 is 0 Å². The number of phenolic OH excluding ortho intramolecular Hbond substituents is 1. The monoisotopic (exact) mass is 375 g/mol. The molecule has 0 radical (unpaired) electrons. The van der Waals surface area contributed by atoms with Crippen molar-refractivity contribution < 1.29 is 5.11 Å². The fourth-order valence-electron chi connectivity index (χ4n) is 5.64. The van der Waals surface area contributed by atoms with E-state index in [-0.39, 0.29) is 5.41 Å². The zero-order chi connectivity index (χ0) is 19.4. The van der Waals surface area contributed by atoms with Crippen molar-refractivity contribution in [2.45, 2.75) is 56.9 Å². The van der Waals surface area contributed by atoms with E-state index in [2.05, 4.69) is 60.4 Å². The molecule has 1 N–H and O–H groups in total. The van der Waals surface area contributed by atoms with Gasteiger partial charge < -0.3 is 5.11 Å². The first kappa shape index (κ1) is 19.3. The predicted octanol–water partition coefficient (Wildman–Crippen LogP) is 5.71. The van der Waals surface area contributed by atoms with Crippen LogP contribution in [0.3, 0.4) is 0 Å². The molecule has 1 aliphatic heterocycles. The Kier molecular flexibility index (Phi) is 5.87. The largest absolute Gasteiger partial charge is 0.508 e. The van der Waals surface area contributed by atoms with Gasteiger partial charge in [-0.25, -0.2) is 0 Å². The van der Waals surface area contributed by atoms with Gasteiger partial charge in [0.15, 0.2) is 0 Å². The molecule has 2 aliphatic rings. The van der Waals surface area contributed by atoms with Crippen molar-refractivity contribution in [3.05, 3.63) is 77.9 Å². The van der Waals surface area contributed by atoms with Gasteiger partial charge in [0.05, 0.1) is 0 Å². The Morgan fingerprint density at radius 2 is 1.96 bits per heavy atom. The molecular weight excluding hydrogens is 342 g/mol. The number of allylic oxidation sites excluding steroid dienone is 1. The van der Waals surface area contributed by atoms with Crippen LogP contribution in [0.15, 0.2) is 66.7 Å². The summed E-state index contributed by atoms with van der Waals surface area (Å²) in [5.41, 5.74) is 2.95. The Balaban J connectivity index is 1.60. The number of nitrogens with zero attached hydrogens (tertiary/aromatic N) is 1. The lowest BCUT2D eigenvalue weighted by atomic mass is 9.56. The maximum atomic E-state index is 10.1. The number of fused-ring (bicyclic) bond motifs is 2. The molecule has 1 saturated carbocycles. The van der Waals surface area contributed by atoms with Crippen molar-refractivity contribution in [1.82, 2.24) is 4.90 Å². The third-order valence-corrected chi connectivity index (χ3v) is 7.02. The van der Waals surface area contributed by atoms with Crippen LogP contribution in [0.25, 0.3) is 0 Å². The molecule has 0 unspecified atom stereocenters. The third kappa shape index (κ3) is 3.75. The minimum absolute atomic E-state index is 0.177. The van der Waals surface area contributed by atoms with Crippen LogP contribution in [0.1, 0.15) is 50.2 Å². The van der Waals surface area contributed by atoms with E-state index in [1.54, 1.807) is 6.07 Å². The van der Waals surface area contributed by atoms with Crippen LogP contribution in [-0.4, -0.2) is 29.1 Å². The average molecular weight is 376 g/mol. The Morgan fingerprint density at radius 1 is 1.11 bits per heavy atom. The minimum atomic E-state index is 0.177. The van der Waals surface area contributed by atoms with Gasteiger partial charge >= 0.3 is 0 Å². The molecular formula is C26H33NO. The standard InChI is InChI=1S/C26H33NO/c1-2-3-13-24-25-14-8-16-26(24,22-11-7-12-23(28)20-22)17-19-27(25)18-15-21-9-5-4-6-10-21/h3-7,9-13,20,24-25,28H,2,8,14-19H2,1H3/b13-3+/t24-,25+,26+/m1/s1. The lowest BCUT2D eigenvalue weighted by Crippen LogP contribution is -2.58. The van der Waals surface area contributed by atoms with Crippen molar-refractivity contribution in [2.24, 2.45) is 5.92 Å². The number of piperidine rings is 1. The molecule has 148 valence electrons. The summed E-state index contributed by atoms with van der Waals surface area (Å²) in [5.74, 6) is 0.936. The Hall–Kier alpha value is -2.06. The molecule has 2 aromatic carbocycles. The van der Waals surface area contributed by atoms with E-state index in [1.807, 2.05) is 12.1 Å². The SMILES string of the molecule is CC/C=C/[C@@H]1[C@@H]2CCC[C@@]1(c1cccc(O)c1)CCN2CCc1ccccc1. The van der Waals surface area contributed by atoms with Crippen LogP contribution >= 0.6 is 0 Å². The summed E-state index contributed by atoms with van der Waals surface area (Å²) in [6.45, 7) is 4.52. The van der Waals surface area contributed by atoms with Gasteiger partial charge in [0.2, 0.25) is 0 Å². The summed E-state index contributed by atoms with van der Waals surface area (Å²) in [7, 11) is 0. The van der Waals surface area contributed by atoms with E-state index in [0.717, 1.165) is 25.9 Å². The molecule has 2 bridgehead atoms. The highest BCUT2D eigenvalue weighted by molar-refractivity contribution is 5.37. The van der Waals surface area contributed by atoms with E-state index in [4.69, 9.17) is 0 Å². The van der Waals surface area contributed by atoms with Gasteiger partial charge in [-0.05, 0) is 61.9 Å².